The lowest BCUT2D eigenvalue weighted by atomic mass is 10.1. The second kappa shape index (κ2) is 7.42. The molecule has 3 rings (SSSR count). The number of thiophene rings is 1. The summed E-state index contributed by atoms with van der Waals surface area (Å²) in [5.74, 6) is -0.223. The Bertz CT molecular complexity index is 848. The van der Waals surface area contributed by atoms with Crippen molar-refractivity contribution in [3.05, 3.63) is 40.6 Å². The molecule has 2 aromatic rings. The fourth-order valence-corrected chi connectivity index (χ4v) is 4.40. The summed E-state index contributed by atoms with van der Waals surface area (Å²) < 4.78 is 38.9. The fraction of sp³-hybridized carbons (Fsp3) is 0.312. The van der Waals surface area contributed by atoms with Crippen molar-refractivity contribution in [2.45, 2.75) is 23.8 Å². The van der Waals surface area contributed by atoms with Crippen LogP contribution < -0.4 is 14.2 Å². The van der Waals surface area contributed by atoms with Gasteiger partial charge in [0.2, 0.25) is 10.0 Å². The first kappa shape index (κ1) is 17.7. The van der Waals surface area contributed by atoms with E-state index >= 15 is 0 Å². The Morgan fingerprint density at radius 3 is 2.68 bits per heavy atom. The van der Waals surface area contributed by atoms with Gasteiger partial charge in [-0.15, -0.1) is 0 Å². The number of sulfonamides is 1. The van der Waals surface area contributed by atoms with Crippen molar-refractivity contribution in [3.8, 4) is 11.5 Å². The molecule has 0 aliphatic carbocycles. The number of aliphatic carboxylic acids is 1. The van der Waals surface area contributed by atoms with Gasteiger partial charge >= 0.3 is 5.97 Å². The molecule has 134 valence electrons. The molecule has 0 saturated carbocycles. The average Bonchev–Trinajstić information content (AvgIpc) is 2.99. The minimum atomic E-state index is -3.92. The lowest BCUT2D eigenvalue weighted by molar-refractivity contribution is -0.137. The molecule has 1 unspecified atom stereocenters. The molecule has 2 heterocycles. The number of carboxylic acids is 1. The van der Waals surface area contributed by atoms with E-state index in [0.717, 1.165) is 0 Å². The van der Waals surface area contributed by atoms with E-state index in [4.69, 9.17) is 14.6 Å². The highest BCUT2D eigenvalue weighted by Crippen LogP contribution is 2.32. The van der Waals surface area contributed by atoms with E-state index in [2.05, 4.69) is 4.72 Å². The maximum atomic E-state index is 12.7. The molecule has 1 aliphatic heterocycles. The average molecular weight is 383 g/mol. The van der Waals surface area contributed by atoms with Crippen LogP contribution in [0.25, 0.3) is 0 Å². The number of hydrogen-bond acceptors (Lipinski definition) is 6. The number of fused-ring (bicyclic) bond motifs is 1. The second-order valence-corrected chi connectivity index (χ2v) is 7.98. The summed E-state index contributed by atoms with van der Waals surface area (Å²) in [6, 6.07) is 5.22. The van der Waals surface area contributed by atoms with Crippen molar-refractivity contribution in [1.29, 1.82) is 0 Å². The molecule has 1 aromatic heterocycles. The van der Waals surface area contributed by atoms with Crippen LogP contribution in [0.5, 0.6) is 11.5 Å². The predicted octanol–water partition coefficient (Wildman–Crippen LogP) is 2.40. The van der Waals surface area contributed by atoms with Gasteiger partial charge in [-0.25, -0.2) is 13.1 Å². The highest BCUT2D eigenvalue weighted by atomic mass is 32.2. The van der Waals surface area contributed by atoms with Crippen LogP contribution in [-0.4, -0.2) is 32.7 Å². The molecule has 2 N–H and O–H groups in total. The molecule has 9 heteroatoms. The number of carbonyl (C=O) groups is 1. The highest BCUT2D eigenvalue weighted by Gasteiger charge is 2.25. The molecule has 25 heavy (non-hydrogen) atoms. The summed E-state index contributed by atoms with van der Waals surface area (Å²) in [4.78, 5) is 11.1. The molecule has 1 aliphatic rings. The van der Waals surface area contributed by atoms with E-state index in [0.29, 0.717) is 36.7 Å². The van der Waals surface area contributed by atoms with E-state index in [1.54, 1.807) is 22.9 Å². The minimum absolute atomic E-state index is 0.00219. The number of carboxylic acid groups (broad SMARTS) is 1. The third-order valence-corrected chi connectivity index (χ3v) is 5.82. The van der Waals surface area contributed by atoms with Crippen LogP contribution in [0.15, 0.2) is 39.9 Å². The van der Waals surface area contributed by atoms with Crippen molar-refractivity contribution in [3.63, 3.8) is 0 Å². The van der Waals surface area contributed by atoms with Crippen molar-refractivity contribution in [2.75, 3.05) is 13.2 Å². The second-order valence-electron chi connectivity index (χ2n) is 5.49. The lowest BCUT2D eigenvalue weighted by Gasteiger charge is -2.17. The van der Waals surface area contributed by atoms with Gasteiger partial charge in [0.1, 0.15) is 0 Å². The van der Waals surface area contributed by atoms with Crippen LogP contribution in [0.1, 0.15) is 24.4 Å². The minimum Gasteiger partial charge on any atom is -0.490 e. The third kappa shape index (κ3) is 4.30. The normalized spacial score (nSPS) is 15.4. The molecule has 7 nitrogen and oxygen atoms in total. The molecule has 0 fully saturated rings. The first-order valence-corrected chi connectivity index (χ1v) is 10.0. The Hall–Kier alpha value is -2.10. The Balaban J connectivity index is 1.87. The first-order chi connectivity index (χ1) is 12.0. The monoisotopic (exact) mass is 383 g/mol. The van der Waals surface area contributed by atoms with Crippen LogP contribution in [0, 0.1) is 0 Å². The van der Waals surface area contributed by atoms with Crippen molar-refractivity contribution in [2.24, 2.45) is 0 Å². The van der Waals surface area contributed by atoms with Gasteiger partial charge in [-0.3, -0.25) is 4.79 Å². The molecule has 0 bridgehead atoms. The summed E-state index contributed by atoms with van der Waals surface area (Å²) >= 11 is 1.37. The van der Waals surface area contributed by atoms with Gasteiger partial charge in [0.15, 0.2) is 11.5 Å². The van der Waals surface area contributed by atoms with Crippen molar-refractivity contribution >= 4 is 27.3 Å². The first-order valence-electron chi connectivity index (χ1n) is 7.61. The summed E-state index contributed by atoms with van der Waals surface area (Å²) in [6.45, 7) is 0.955. The van der Waals surface area contributed by atoms with Gasteiger partial charge in [-0.2, -0.15) is 11.3 Å². The number of benzene rings is 1. The summed E-state index contributed by atoms with van der Waals surface area (Å²) in [5, 5.41) is 12.6. The molecule has 0 spiro atoms. The smallest absolute Gasteiger partial charge is 0.305 e. The molecular weight excluding hydrogens is 366 g/mol. The van der Waals surface area contributed by atoms with Gasteiger partial charge in [-0.1, -0.05) is 0 Å². The zero-order valence-corrected chi connectivity index (χ0v) is 14.8. The Morgan fingerprint density at radius 2 is 2.00 bits per heavy atom. The summed E-state index contributed by atoms with van der Waals surface area (Å²) in [7, 11) is -3.92. The van der Waals surface area contributed by atoms with Crippen molar-refractivity contribution < 1.29 is 27.8 Å². The molecule has 1 atom stereocenters. The van der Waals surface area contributed by atoms with Crippen LogP contribution >= 0.6 is 11.3 Å². The largest absolute Gasteiger partial charge is 0.490 e. The highest BCUT2D eigenvalue weighted by molar-refractivity contribution is 7.89. The van der Waals surface area contributed by atoms with Gasteiger partial charge in [0, 0.05) is 12.5 Å². The molecule has 0 saturated heterocycles. The standard InChI is InChI=1S/C16H17NO6S2/c18-16(19)9-13(11-4-7-24-10-11)17-25(20,21)12-2-3-14-15(8-12)23-6-1-5-22-14/h2-4,7-8,10,13,17H,1,5-6,9H2,(H,18,19). The van der Waals surface area contributed by atoms with Crippen LogP contribution in [0.3, 0.4) is 0 Å². The lowest BCUT2D eigenvalue weighted by Crippen LogP contribution is -2.30. The Kier molecular flexibility index (Phi) is 5.26. The molecule has 0 amide bonds. The number of hydrogen-bond donors (Lipinski definition) is 2. The molecular formula is C16H17NO6S2. The number of nitrogens with one attached hydrogen (secondary N) is 1. The van der Waals surface area contributed by atoms with E-state index in [-0.39, 0.29) is 11.3 Å². The SMILES string of the molecule is O=C(O)CC(NS(=O)(=O)c1ccc2c(c1)OCCCO2)c1ccsc1. The number of ether oxygens (including phenoxy) is 2. The number of rotatable bonds is 6. The van der Waals surface area contributed by atoms with Crippen LogP contribution in [0.4, 0.5) is 0 Å². The molecule has 1 aromatic carbocycles. The van der Waals surface area contributed by atoms with E-state index in [9.17, 15) is 13.2 Å². The Morgan fingerprint density at radius 1 is 1.24 bits per heavy atom. The fourth-order valence-electron chi connectivity index (χ4n) is 2.44. The predicted molar refractivity (Wildman–Crippen MR) is 91.7 cm³/mol. The zero-order valence-electron chi connectivity index (χ0n) is 13.2. The maximum Gasteiger partial charge on any atom is 0.305 e. The van der Waals surface area contributed by atoms with Gasteiger partial charge in [0.05, 0.1) is 30.6 Å². The zero-order chi connectivity index (χ0) is 17.9. The van der Waals surface area contributed by atoms with Gasteiger partial charge < -0.3 is 14.6 Å². The third-order valence-electron chi connectivity index (χ3n) is 3.65. The molecule has 0 radical (unpaired) electrons. The van der Waals surface area contributed by atoms with Crippen LogP contribution in [-0.2, 0) is 14.8 Å². The summed E-state index contributed by atoms with van der Waals surface area (Å²) in [6.07, 6.45) is 0.369. The van der Waals surface area contributed by atoms with E-state index < -0.39 is 22.0 Å². The van der Waals surface area contributed by atoms with E-state index in [1.807, 2.05) is 0 Å². The van der Waals surface area contributed by atoms with Crippen LogP contribution in [0.2, 0.25) is 0 Å². The topological polar surface area (TPSA) is 102 Å². The van der Waals surface area contributed by atoms with Gasteiger partial charge in [0.25, 0.3) is 0 Å². The Labute approximate surface area is 149 Å². The van der Waals surface area contributed by atoms with Gasteiger partial charge in [-0.05, 0) is 34.5 Å². The van der Waals surface area contributed by atoms with E-state index in [1.165, 1.54) is 23.5 Å². The maximum absolute atomic E-state index is 12.7. The summed E-state index contributed by atoms with van der Waals surface area (Å²) in [5.41, 5.74) is 0.616. The van der Waals surface area contributed by atoms with Crippen molar-refractivity contribution in [1.82, 2.24) is 4.72 Å². The quantitative estimate of drug-likeness (QED) is 0.794.